The van der Waals surface area contributed by atoms with Crippen LogP contribution in [0.1, 0.15) is 34.8 Å². The Balaban J connectivity index is 2.34. The predicted octanol–water partition coefficient (Wildman–Crippen LogP) is 1.79. The van der Waals surface area contributed by atoms with E-state index in [-0.39, 0.29) is 6.04 Å². The Morgan fingerprint density at radius 2 is 2.07 bits per heavy atom. The van der Waals surface area contributed by atoms with Gasteiger partial charge in [-0.25, -0.2) is 4.79 Å². The van der Waals surface area contributed by atoms with Crippen molar-refractivity contribution in [1.82, 2.24) is 0 Å². The summed E-state index contributed by atoms with van der Waals surface area (Å²) in [4.78, 5) is 10.9. The van der Waals surface area contributed by atoms with Gasteiger partial charge in [0.1, 0.15) is 0 Å². The molecule has 1 saturated carbocycles. The number of rotatable bonds is 3. The van der Waals surface area contributed by atoms with Crippen LogP contribution >= 0.6 is 0 Å². The summed E-state index contributed by atoms with van der Waals surface area (Å²) in [5.74, 6) is -0.410. The van der Waals surface area contributed by atoms with Gasteiger partial charge in [0.05, 0.1) is 5.56 Å². The van der Waals surface area contributed by atoms with Crippen LogP contribution in [0.3, 0.4) is 0 Å². The molecule has 3 heteroatoms. The molecule has 1 fully saturated rings. The lowest BCUT2D eigenvalue weighted by molar-refractivity contribution is 0.0695. The van der Waals surface area contributed by atoms with E-state index < -0.39 is 5.97 Å². The number of carboxylic acid groups (broad SMARTS) is 1. The second-order valence-corrected chi connectivity index (χ2v) is 3.76. The van der Waals surface area contributed by atoms with E-state index >= 15 is 0 Å². The van der Waals surface area contributed by atoms with Gasteiger partial charge < -0.3 is 10.8 Å². The van der Waals surface area contributed by atoms with Gasteiger partial charge in [-0.15, -0.1) is 0 Å². The third-order valence-electron chi connectivity index (χ3n) is 2.68. The molecule has 1 aliphatic carbocycles. The van der Waals surface area contributed by atoms with Crippen LogP contribution in [0.4, 0.5) is 0 Å². The largest absolute Gasteiger partial charge is 0.478 e. The van der Waals surface area contributed by atoms with Gasteiger partial charge in [-0.3, -0.25) is 0 Å². The fourth-order valence-corrected chi connectivity index (χ4v) is 1.69. The van der Waals surface area contributed by atoms with Crippen LogP contribution in [0.5, 0.6) is 0 Å². The van der Waals surface area contributed by atoms with Crippen molar-refractivity contribution in [2.75, 3.05) is 0 Å². The number of carboxylic acids is 1. The van der Waals surface area contributed by atoms with Gasteiger partial charge in [-0.2, -0.15) is 0 Å². The summed E-state index contributed by atoms with van der Waals surface area (Å²) in [6, 6.07) is 6.88. The van der Waals surface area contributed by atoms with Crippen molar-refractivity contribution in [1.29, 1.82) is 0 Å². The highest BCUT2D eigenvalue weighted by molar-refractivity contribution is 5.89. The Bertz CT molecular complexity index is 358. The van der Waals surface area contributed by atoms with Crippen molar-refractivity contribution in [2.45, 2.75) is 18.9 Å². The molecule has 2 rings (SSSR count). The van der Waals surface area contributed by atoms with Crippen molar-refractivity contribution < 1.29 is 9.90 Å². The van der Waals surface area contributed by atoms with E-state index in [1.54, 1.807) is 12.1 Å². The number of benzene rings is 1. The lowest BCUT2D eigenvalue weighted by Gasteiger charge is -2.13. The van der Waals surface area contributed by atoms with Gasteiger partial charge in [-0.05, 0) is 30.4 Å². The number of aromatic carboxylic acids is 1. The number of hydrogen-bond acceptors (Lipinski definition) is 2. The first-order chi connectivity index (χ1) is 6.70. The highest BCUT2D eigenvalue weighted by atomic mass is 16.4. The van der Waals surface area contributed by atoms with Crippen molar-refractivity contribution in [3.8, 4) is 0 Å². The van der Waals surface area contributed by atoms with E-state index in [0.29, 0.717) is 11.5 Å². The van der Waals surface area contributed by atoms with E-state index in [1.165, 1.54) is 0 Å². The van der Waals surface area contributed by atoms with Crippen LogP contribution in [0.2, 0.25) is 0 Å². The summed E-state index contributed by atoms with van der Waals surface area (Å²) in [6.07, 6.45) is 2.24. The third kappa shape index (κ3) is 1.63. The molecular formula is C11H13NO2. The van der Waals surface area contributed by atoms with Crippen LogP contribution in [0.15, 0.2) is 24.3 Å². The first-order valence-corrected chi connectivity index (χ1v) is 4.78. The molecule has 0 aliphatic heterocycles. The molecule has 3 nitrogen and oxygen atoms in total. The predicted molar refractivity (Wildman–Crippen MR) is 53.1 cm³/mol. The number of nitrogens with two attached hydrogens (primary N) is 1. The van der Waals surface area contributed by atoms with E-state index in [4.69, 9.17) is 10.8 Å². The van der Waals surface area contributed by atoms with Crippen LogP contribution < -0.4 is 5.73 Å². The molecule has 0 unspecified atom stereocenters. The quantitative estimate of drug-likeness (QED) is 0.765. The first-order valence-electron chi connectivity index (χ1n) is 4.78. The van der Waals surface area contributed by atoms with Crippen LogP contribution in [-0.4, -0.2) is 11.1 Å². The van der Waals surface area contributed by atoms with Gasteiger partial charge >= 0.3 is 5.97 Å². The Kier molecular flexibility index (Phi) is 2.25. The van der Waals surface area contributed by atoms with Crippen LogP contribution in [0, 0.1) is 5.92 Å². The van der Waals surface area contributed by atoms with Crippen molar-refractivity contribution in [3.05, 3.63) is 35.4 Å². The zero-order valence-electron chi connectivity index (χ0n) is 7.81. The monoisotopic (exact) mass is 191 g/mol. The van der Waals surface area contributed by atoms with E-state index in [9.17, 15) is 4.79 Å². The molecule has 0 spiro atoms. The highest BCUT2D eigenvalue weighted by Crippen LogP contribution is 2.40. The maximum atomic E-state index is 10.9. The molecule has 0 radical (unpaired) electrons. The maximum absolute atomic E-state index is 10.9. The highest BCUT2D eigenvalue weighted by Gasteiger charge is 2.31. The Morgan fingerprint density at radius 1 is 1.43 bits per heavy atom. The lowest BCUT2D eigenvalue weighted by atomic mass is 9.98. The maximum Gasteiger partial charge on any atom is 0.336 e. The summed E-state index contributed by atoms with van der Waals surface area (Å²) >= 11 is 0. The molecule has 1 aromatic rings. The lowest BCUT2D eigenvalue weighted by Crippen LogP contribution is -2.16. The molecule has 14 heavy (non-hydrogen) atoms. The number of hydrogen-bond donors (Lipinski definition) is 2. The first kappa shape index (κ1) is 9.21. The average molecular weight is 191 g/mol. The van der Waals surface area contributed by atoms with Gasteiger partial charge in [0.25, 0.3) is 0 Å². The summed E-state index contributed by atoms with van der Waals surface area (Å²) < 4.78 is 0. The molecule has 0 bridgehead atoms. The molecule has 1 aromatic carbocycles. The second kappa shape index (κ2) is 3.42. The minimum Gasteiger partial charge on any atom is -0.478 e. The van der Waals surface area contributed by atoms with Crippen LogP contribution in [0.25, 0.3) is 0 Å². The molecule has 0 amide bonds. The Labute approximate surface area is 82.5 Å². The van der Waals surface area contributed by atoms with Crippen molar-refractivity contribution in [2.24, 2.45) is 11.7 Å². The number of carbonyl (C=O) groups is 1. The molecule has 1 aliphatic rings. The van der Waals surface area contributed by atoms with Crippen LogP contribution in [-0.2, 0) is 0 Å². The SMILES string of the molecule is N[C@H](c1ccccc1C(=O)O)C1CC1. The summed E-state index contributed by atoms with van der Waals surface area (Å²) in [6.45, 7) is 0. The molecule has 3 N–H and O–H groups in total. The Morgan fingerprint density at radius 3 is 2.64 bits per heavy atom. The minimum absolute atomic E-state index is 0.109. The summed E-state index contributed by atoms with van der Waals surface area (Å²) in [5, 5.41) is 8.96. The topological polar surface area (TPSA) is 63.3 Å². The Hall–Kier alpha value is -1.35. The minimum atomic E-state index is -0.892. The molecule has 0 saturated heterocycles. The second-order valence-electron chi connectivity index (χ2n) is 3.76. The van der Waals surface area contributed by atoms with Gasteiger partial charge in [-0.1, -0.05) is 18.2 Å². The molecule has 1 atom stereocenters. The zero-order valence-corrected chi connectivity index (χ0v) is 7.81. The average Bonchev–Trinajstić information content (AvgIpc) is 3.00. The summed E-state index contributed by atoms with van der Waals surface area (Å²) in [5.41, 5.74) is 7.08. The normalized spacial score (nSPS) is 17.8. The fraction of sp³-hybridized carbons (Fsp3) is 0.364. The fourth-order valence-electron chi connectivity index (χ4n) is 1.69. The van der Waals surface area contributed by atoms with Crippen molar-refractivity contribution >= 4 is 5.97 Å². The summed E-state index contributed by atoms with van der Waals surface area (Å²) in [7, 11) is 0. The molecular weight excluding hydrogens is 178 g/mol. The zero-order chi connectivity index (χ0) is 10.1. The van der Waals surface area contributed by atoms with Gasteiger partial charge in [0.2, 0.25) is 0 Å². The van der Waals surface area contributed by atoms with E-state index in [1.807, 2.05) is 12.1 Å². The molecule has 0 heterocycles. The standard InChI is InChI=1S/C11H13NO2/c12-10(7-5-6-7)8-3-1-2-4-9(8)11(13)14/h1-4,7,10H,5-6,12H2,(H,13,14)/t10-/m0/s1. The van der Waals surface area contributed by atoms with E-state index in [0.717, 1.165) is 18.4 Å². The van der Waals surface area contributed by atoms with Crippen molar-refractivity contribution in [3.63, 3.8) is 0 Å². The van der Waals surface area contributed by atoms with Gasteiger partial charge in [0, 0.05) is 6.04 Å². The van der Waals surface area contributed by atoms with E-state index in [2.05, 4.69) is 0 Å². The smallest absolute Gasteiger partial charge is 0.336 e. The third-order valence-corrected chi connectivity index (χ3v) is 2.68. The molecule has 74 valence electrons. The molecule has 0 aromatic heterocycles. The van der Waals surface area contributed by atoms with Gasteiger partial charge in [0.15, 0.2) is 0 Å².